The van der Waals surface area contributed by atoms with E-state index in [0.29, 0.717) is 6.54 Å². The molecule has 68 valence electrons. The van der Waals surface area contributed by atoms with E-state index in [1.807, 2.05) is 18.4 Å². The van der Waals surface area contributed by atoms with Crippen molar-refractivity contribution in [2.24, 2.45) is 0 Å². The second-order valence-electron chi connectivity index (χ2n) is 2.40. The van der Waals surface area contributed by atoms with Crippen molar-refractivity contribution in [1.29, 1.82) is 0 Å². The van der Waals surface area contributed by atoms with Crippen molar-refractivity contribution in [2.75, 3.05) is 6.26 Å². The Kier molecular flexibility index (Phi) is 2.31. The first-order chi connectivity index (χ1) is 6.40. The van der Waals surface area contributed by atoms with E-state index in [1.165, 1.54) is 11.8 Å². The molecule has 0 fully saturated rings. The van der Waals surface area contributed by atoms with Crippen LogP contribution >= 0.6 is 11.8 Å². The van der Waals surface area contributed by atoms with Gasteiger partial charge in [0.1, 0.15) is 12.3 Å². The molecular formula is C7H8N4OS. The van der Waals surface area contributed by atoms with Crippen molar-refractivity contribution >= 4 is 11.8 Å². The first kappa shape index (κ1) is 8.31. The van der Waals surface area contributed by atoms with Crippen molar-refractivity contribution in [3.8, 4) is 0 Å². The lowest BCUT2D eigenvalue weighted by Gasteiger charge is -1.97. The molecule has 0 aromatic carbocycles. The van der Waals surface area contributed by atoms with Gasteiger partial charge in [0.05, 0.1) is 6.26 Å². The summed E-state index contributed by atoms with van der Waals surface area (Å²) in [5.74, 6) is 0.850. The van der Waals surface area contributed by atoms with Gasteiger partial charge in [-0.1, -0.05) is 11.8 Å². The van der Waals surface area contributed by atoms with Gasteiger partial charge in [0, 0.05) is 0 Å². The monoisotopic (exact) mass is 196 g/mol. The zero-order valence-electron chi connectivity index (χ0n) is 7.04. The van der Waals surface area contributed by atoms with Gasteiger partial charge in [-0.05, 0) is 28.8 Å². The summed E-state index contributed by atoms with van der Waals surface area (Å²) in [5, 5.41) is 12.0. The molecule has 0 aliphatic carbocycles. The molecule has 0 spiro atoms. The third-order valence-electron chi connectivity index (χ3n) is 1.57. The summed E-state index contributed by atoms with van der Waals surface area (Å²) in [7, 11) is 0. The predicted octanol–water partition coefficient (Wildman–Crippen LogP) is 1.04. The summed E-state index contributed by atoms with van der Waals surface area (Å²) in [6.07, 6.45) is 3.57. The maximum absolute atomic E-state index is 5.18. The van der Waals surface area contributed by atoms with Crippen LogP contribution < -0.4 is 0 Å². The van der Waals surface area contributed by atoms with Gasteiger partial charge in [0.2, 0.25) is 5.16 Å². The fraction of sp³-hybridized carbons (Fsp3) is 0.286. The molecule has 0 aliphatic heterocycles. The minimum atomic E-state index is 0.580. The Morgan fingerprint density at radius 1 is 1.62 bits per heavy atom. The first-order valence-corrected chi connectivity index (χ1v) is 4.95. The van der Waals surface area contributed by atoms with Crippen molar-refractivity contribution in [2.45, 2.75) is 11.7 Å². The van der Waals surface area contributed by atoms with E-state index in [-0.39, 0.29) is 0 Å². The number of hydrogen-bond acceptors (Lipinski definition) is 5. The molecule has 0 saturated heterocycles. The summed E-state index contributed by atoms with van der Waals surface area (Å²) in [4.78, 5) is 0. The molecular weight excluding hydrogens is 188 g/mol. The third kappa shape index (κ3) is 1.72. The molecule has 0 bridgehead atoms. The SMILES string of the molecule is CSc1nnnn1Cc1ccco1. The second-order valence-corrected chi connectivity index (χ2v) is 3.18. The molecule has 0 amide bonds. The highest BCUT2D eigenvalue weighted by Gasteiger charge is 2.05. The Labute approximate surface area is 79.1 Å². The summed E-state index contributed by atoms with van der Waals surface area (Å²) in [5.41, 5.74) is 0. The minimum Gasteiger partial charge on any atom is -0.467 e. The lowest BCUT2D eigenvalue weighted by molar-refractivity contribution is 0.462. The van der Waals surface area contributed by atoms with Crippen LogP contribution in [0.5, 0.6) is 0 Å². The average Bonchev–Trinajstić information content (AvgIpc) is 2.76. The molecule has 6 heteroatoms. The van der Waals surface area contributed by atoms with Gasteiger partial charge < -0.3 is 4.42 Å². The third-order valence-corrected chi connectivity index (χ3v) is 2.22. The summed E-state index contributed by atoms with van der Waals surface area (Å²) >= 11 is 1.51. The van der Waals surface area contributed by atoms with Gasteiger partial charge in [0.15, 0.2) is 0 Å². The van der Waals surface area contributed by atoms with Gasteiger partial charge in [-0.15, -0.1) is 5.10 Å². The van der Waals surface area contributed by atoms with E-state index in [4.69, 9.17) is 4.42 Å². The zero-order valence-corrected chi connectivity index (χ0v) is 7.86. The van der Waals surface area contributed by atoms with Gasteiger partial charge in [-0.2, -0.15) is 0 Å². The summed E-state index contributed by atoms with van der Waals surface area (Å²) in [6.45, 7) is 0.580. The average molecular weight is 196 g/mol. The Balaban J connectivity index is 2.18. The lowest BCUT2D eigenvalue weighted by Crippen LogP contribution is -2.02. The Morgan fingerprint density at radius 3 is 3.23 bits per heavy atom. The standard InChI is InChI=1S/C7H8N4OS/c1-13-7-8-9-10-11(7)5-6-3-2-4-12-6/h2-4H,5H2,1H3. The highest BCUT2D eigenvalue weighted by molar-refractivity contribution is 7.98. The molecule has 0 atom stereocenters. The van der Waals surface area contributed by atoms with Crippen molar-refractivity contribution in [3.63, 3.8) is 0 Å². The molecule has 0 saturated carbocycles. The maximum Gasteiger partial charge on any atom is 0.209 e. The van der Waals surface area contributed by atoms with Gasteiger partial charge in [0.25, 0.3) is 0 Å². The van der Waals surface area contributed by atoms with Crippen molar-refractivity contribution in [3.05, 3.63) is 24.2 Å². The van der Waals surface area contributed by atoms with E-state index in [2.05, 4.69) is 15.5 Å². The number of rotatable bonds is 3. The lowest BCUT2D eigenvalue weighted by atomic mass is 10.4. The van der Waals surface area contributed by atoms with Crippen LogP contribution in [0.4, 0.5) is 0 Å². The summed E-state index contributed by atoms with van der Waals surface area (Å²) in [6, 6.07) is 3.74. The smallest absolute Gasteiger partial charge is 0.209 e. The van der Waals surface area contributed by atoms with Crippen LogP contribution in [0.2, 0.25) is 0 Å². The van der Waals surface area contributed by atoms with Crippen molar-refractivity contribution in [1.82, 2.24) is 20.2 Å². The van der Waals surface area contributed by atoms with E-state index in [1.54, 1.807) is 10.9 Å². The van der Waals surface area contributed by atoms with Crippen LogP contribution in [0.15, 0.2) is 28.0 Å². The molecule has 2 aromatic heterocycles. The zero-order chi connectivity index (χ0) is 9.10. The van der Waals surface area contributed by atoms with E-state index >= 15 is 0 Å². The molecule has 0 radical (unpaired) electrons. The normalized spacial score (nSPS) is 10.5. The fourth-order valence-electron chi connectivity index (χ4n) is 0.992. The number of nitrogens with zero attached hydrogens (tertiary/aromatic N) is 4. The van der Waals surface area contributed by atoms with Gasteiger partial charge in [-0.3, -0.25) is 0 Å². The molecule has 5 nitrogen and oxygen atoms in total. The van der Waals surface area contributed by atoms with Crippen LogP contribution in [0, 0.1) is 0 Å². The van der Waals surface area contributed by atoms with Crippen LogP contribution in [0.3, 0.4) is 0 Å². The number of furan rings is 1. The van der Waals surface area contributed by atoms with Crippen LogP contribution in [0.1, 0.15) is 5.76 Å². The molecule has 13 heavy (non-hydrogen) atoms. The van der Waals surface area contributed by atoms with Crippen LogP contribution in [0.25, 0.3) is 0 Å². The highest BCUT2D eigenvalue weighted by Crippen LogP contribution is 2.10. The van der Waals surface area contributed by atoms with E-state index < -0.39 is 0 Å². The van der Waals surface area contributed by atoms with Crippen LogP contribution in [-0.4, -0.2) is 26.5 Å². The van der Waals surface area contributed by atoms with Crippen molar-refractivity contribution < 1.29 is 4.42 Å². The molecule has 2 heterocycles. The fourth-order valence-corrected chi connectivity index (χ4v) is 1.42. The molecule has 2 aromatic rings. The highest BCUT2D eigenvalue weighted by atomic mass is 32.2. The second kappa shape index (κ2) is 3.61. The minimum absolute atomic E-state index is 0.580. The molecule has 0 N–H and O–H groups in total. The topological polar surface area (TPSA) is 56.7 Å². The first-order valence-electron chi connectivity index (χ1n) is 3.72. The predicted molar refractivity (Wildman–Crippen MR) is 47.4 cm³/mol. The number of tetrazole rings is 1. The largest absolute Gasteiger partial charge is 0.467 e. The van der Waals surface area contributed by atoms with E-state index in [0.717, 1.165) is 10.9 Å². The Hall–Kier alpha value is -1.30. The van der Waals surface area contributed by atoms with Crippen LogP contribution in [-0.2, 0) is 6.54 Å². The Bertz CT molecular complexity index is 370. The number of thioether (sulfide) groups is 1. The molecule has 0 unspecified atom stereocenters. The Morgan fingerprint density at radius 2 is 2.54 bits per heavy atom. The quantitative estimate of drug-likeness (QED) is 0.686. The maximum atomic E-state index is 5.18. The van der Waals surface area contributed by atoms with E-state index in [9.17, 15) is 0 Å². The number of aromatic nitrogens is 4. The number of hydrogen-bond donors (Lipinski definition) is 0. The molecule has 2 rings (SSSR count). The summed E-state index contributed by atoms with van der Waals surface area (Å²) < 4.78 is 6.88. The van der Waals surface area contributed by atoms with Gasteiger partial charge >= 0.3 is 0 Å². The molecule has 0 aliphatic rings. The van der Waals surface area contributed by atoms with Gasteiger partial charge in [-0.25, -0.2) is 4.68 Å².